The molecule has 0 bridgehead atoms. The van der Waals surface area contributed by atoms with Gasteiger partial charge in [-0.1, -0.05) is 0 Å². The van der Waals surface area contributed by atoms with Gasteiger partial charge in [-0.3, -0.25) is 9.59 Å². The number of carbonyl (C=O) groups is 3. The normalized spacial score (nSPS) is 15.6. The van der Waals surface area contributed by atoms with Gasteiger partial charge in [-0.15, -0.1) is 0 Å². The number of aromatic nitrogens is 1. The highest BCUT2D eigenvalue weighted by atomic mass is 16.4. The van der Waals surface area contributed by atoms with Crippen molar-refractivity contribution in [2.45, 2.75) is 37.8 Å². The minimum absolute atomic E-state index is 0.0133. The predicted molar refractivity (Wildman–Crippen MR) is 70.0 cm³/mol. The number of carboxylic acids is 1. The smallest absolute Gasteiger partial charge is 0.326 e. The fraction of sp³-hybridized carbons (Fsp3) is 0.462. The van der Waals surface area contributed by atoms with Crippen molar-refractivity contribution in [1.29, 1.82) is 0 Å². The third-order valence-electron chi connectivity index (χ3n) is 3.23. The molecule has 1 heterocycles. The van der Waals surface area contributed by atoms with Gasteiger partial charge < -0.3 is 20.7 Å². The maximum absolute atomic E-state index is 12.1. The number of carbonyl (C=O) groups excluding carboxylic acids is 2. The van der Waals surface area contributed by atoms with Crippen LogP contribution in [0.3, 0.4) is 0 Å². The lowest BCUT2D eigenvalue weighted by molar-refractivity contribution is -0.139. The van der Waals surface area contributed by atoms with Gasteiger partial charge in [0.05, 0.1) is 0 Å². The molecule has 7 nitrogen and oxygen atoms in total. The molecule has 0 spiro atoms. The zero-order valence-corrected chi connectivity index (χ0v) is 10.9. The highest BCUT2D eigenvalue weighted by Crippen LogP contribution is 2.35. The summed E-state index contributed by atoms with van der Waals surface area (Å²) in [4.78, 5) is 33.9. The van der Waals surface area contributed by atoms with Crippen molar-refractivity contribution in [2.75, 3.05) is 0 Å². The Kier molecular flexibility index (Phi) is 4.07. The fourth-order valence-corrected chi connectivity index (χ4v) is 2.03. The van der Waals surface area contributed by atoms with E-state index in [4.69, 9.17) is 10.8 Å². The van der Waals surface area contributed by atoms with Crippen LogP contribution in [0, 0.1) is 0 Å². The second-order valence-corrected chi connectivity index (χ2v) is 4.90. The Bertz CT molecular complexity index is 533. The van der Waals surface area contributed by atoms with Crippen molar-refractivity contribution in [3.8, 4) is 0 Å². The van der Waals surface area contributed by atoms with Crippen LogP contribution in [0.25, 0.3) is 0 Å². The number of aliphatic carboxylic acids is 1. The first kappa shape index (κ1) is 14.1. The summed E-state index contributed by atoms with van der Waals surface area (Å²) < 4.78 is 1.85. The molecule has 1 saturated carbocycles. The molecule has 1 aliphatic rings. The lowest BCUT2D eigenvalue weighted by atomic mass is 10.1. The quantitative estimate of drug-likeness (QED) is 0.664. The molecule has 0 aromatic carbocycles. The minimum Gasteiger partial charge on any atom is -0.480 e. The van der Waals surface area contributed by atoms with Crippen molar-refractivity contribution in [1.82, 2.24) is 9.88 Å². The first-order valence-electron chi connectivity index (χ1n) is 6.48. The van der Waals surface area contributed by atoms with Gasteiger partial charge in [0.1, 0.15) is 11.7 Å². The van der Waals surface area contributed by atoms with E-state index < -0.39 is 23.8 Å². The van der Waals surface area contributed by atoms with Crippen molar-refractivity contribution in [3.05, 3.63) is 24.0 Å². The van der Waals surface area contributed by atoms with Gasteiger partial charge in [0.25, 0.3) is 5.91 Å². The van der Waals surface area contributed by atoms with Gasteiger partial charge in [0, 0.05) is 18.7 Å². The maximum atomic E-state index is 12.1. The van der Waals surface area contributed by atoms with E-state index in [1.807, 2.05) is 10.8 Å². The van der Waals surface area contributed by atoms with Crippen LogP contribution in [0.4, 0.5) is 0 Å². The van der Waals surface area contributed by atoms with E-state index in [9.17, 15) is 14.4 Å². The molecule has 4 N–H and O–H groups in total. The minimum atomic E-state index is -1.18. The SMILES string of the molecule is NC(=O)CC[C@H](NC(=O)c1cccn1C1CC1)C(=O)O. The van der Waals surface area contributed by atoms with Crippen LogP contribution >= 0.6 is 0 Å². The average Bonchev–Trinajstić information content (AvgIpc) is 3.11. The molecule has 1 fully saturated rings. The summed E-state index contributed by atoms with van der Waals surface area (Å²) in [5.41, 5.74) is 5.43. The van der Waals surface area contributed by atoms with Crippen molar-refractivity contribution >= 4 is 17.8 Å². The molecular weight excluding hydrogens is 262 g/mol. The van der Waals surface area contributed by atoms with Crippen LogP contribution in [0.1, 0.15) is 42.2 Å². The van der Waals surface area contributed by atoms with Crippen LogP contribution in [0.15, 0.2) is 18.3 Å². The van der Waals surface area contributed by atoms with Crippen molar-refractivity contribution in [3.63, 3.8) is 0 Å². The zero-order valence-electron chi connectivity index (χ0n) is 10.9. The van der Waals surface area contributed by atoms with Gasteiger partial charge in [-0.05, 0) is 31.4 Å². The summed E-state index contributed by atoms with van der Waals surface area (Å²) in [6.45, 7) is 0. The number of carboxylic acid groups (broad SMARTS) is 1. The summed E-state index contributed by atoms with van der Waals surface area (Å²) in [5.74, 6) is -2.21. The standard InChI is InChI=1S/C13H17N3O4/c14-11(17)6-5-9(13(19)20)15-12(18)10-2-1-7-16(10)8-3-4-8/h1-2,7-9H,3-6H2,(H2,14,17)(H,15,18)(H,19,20)/t9-/m0/s1. The topological polar surface area (TPSA) is 114 Å². The predicted octanol–water partition coefficient (Wildman–Crippen LogP) is 0.271. The summed E-state index contributed by atoms with van der Waals surface area (Å²) >= 11 is 0. The van der Waals surface area contributed by atoms with E-state index in [2.05, 4.69) is 5.32 Å². The number of nitrogens with one attached hydrogen (secondary N) is 1. The molecule has 0 aliphatic heterocycles. The molecule has 0 saturated heterocycles. The molecule has 1 atom stereocenters. The Labute approximate surface area is 115 Å². The molecule has 2 rings (SSSR count). The number of hydrogen-bond acceptors (Lipinski definition) is 3. The van der Waals surface area contributed by atoms with E-state index in [0.29, 0.717) is 11.7 Å². The van der Waals surface area contributed by atoms with Crippen molar-refractivity contribution < 1.29 is 19.5 Å². The first-order valence-corrected chi connectivity index (χ1v) is 6.48. The first-order chi connectivity index (χ1) is 9.49. The zero-order chi connectivity index (χ0) is 14.7. The van der Waals surface area contributed by atoms with Gasteiger partial charge in [0.2, 0.25) is 5.91 Å². The van der Waals surface area contributed by atoms with Gasteiger partial charge in [0.15, 0.2) is 0 Å². The van der Waals surface area contributed by atoms with E-state index in [1.54, 1.807) is 12.1 Å². The van der Waals surface area contributed by atoms with Crippen molar-refractivity contribution in [2.24, 2.45) is 5.73 Å². The average molecular weight is 279 g/mol. The van der Waals surface area contributed by atoms with E-state index in [0.717, 1.165) is 12.8 Å². The van der Waals surface area contributed by atoms with Crippen LogP contribution in [0.2, 0.25) is 0 Å². The second-order valence-electron chi connectivity index (χ2n) is 4.90. The molecule has 0 radical (unpaired) electrons. The third kappa shape index (κ3) is 3.37. The highest BCUT2D eigenvalue weighted by Gasteiger charge is 2.28. The molecule has 1 aromatic rings. The number of rotatable bonds is 7. The van der Waals surface area contributed by atoms with Gasteiger partial charge in [-0.2, -0.15) is 0 Å². The van der Waals surface area contributed by atoms with Gasteiger partial charge >= 0.3 is 5.97 Å². The summed E-state index contributed by atoms with van der Waals surface area (Å²) in [6, 6.07) is 2.63. The molecule has 1 aliphatic carbocycles. The molecule has 20 heavy (non-hydrogen) atoms. The van der Waals surface area contributed by atoms with E-state index in [-0.39, 0.29) is 12.8 Å². The Balaban J connectivity index is 2.01. The summed E-state index contributed by atoms with van der Waals surface area (Å²) in [6.07, 6.45) is 3.77. The number of hydrogen-bond donors (Lipinski definition) is 3. The molecule has 0 unspecified atom stereocenters. The van der Waals surface area contributed by atoms with E-state index in [1.165, 1.54) is 0 Å². The van der Waals surface area contributed by atoms with Crippen LogP contribution in [-0.2, 0) is 9.59 Å². The highest BCUT2D eigenvalue weighted by molar-refractivity contribution is 5.95. The summed E-state index contributed by atoms with van der Waals surface area (Å²) in [5, 5.41) is 11.5. The van der Waals surface area contributed by atoms with Gasteiger partial charge in [-0.25, -0.2) is 4.79 Å². The van der Waals surface area contributed by atoms with Crippen LogP contribution in [0.5, 0.6) is 0 Å². The number of nitrogens with zero attached hydrogens (tertiary/aromatic N) is 1. The Morgan fingerprint density at radius 2 is 2.15 bits per heavy atom. The number of amides is 2. The second kappa shape index (κ2) is 5.77. The molecular formula is C13H17N3O4. The molecule has 1 aromatic heterocycles. The Morgan fingerprint density at radius 3 is 2.70 bits per heavy atom. The monoisotopic (exact) mass is 279 g/mol. The Hall–Kier alpha value is -2.31. The maximum Gasteiger partial charge on any atom is 0.326 e. The summed E-state index contributed by atoms with van der Waals surface area (Å²) in [7, 11) is 0. The third-order valence-corrected chi connectivity index (χ3v) is 3.23. The van der Waals surface area contributed by atoms with E-state index >= 15 is 0 Å². The molecule has 2 amide bonds. The fourth-order valence-electron chi connectivity index (χ4n) is 2.03. The molecule has 108 valence electrons. The number of primary amides is 1. The Morgan fingerprint density at radius 1 is 1.45 bits per heavy atom. The largest absolute Gasteiger partial charge is 0.480 e. The lowest BCUT2D eigenvalue weighted by Crippen LogP contribution is -2.42. The van der Waals surface area contributed by atoms with Crippen LogP contribution < -0.4 is 11.1 Å². The number of nitrogens with two attached hydrogens (primary N) is 1. The van der Waals surface area contributed by atoms with Crippen LogP contribution in [-0.4, -0.2) is 33.5 Å². The molecule has 7 heteroatoms. The lowest BCUT2D eigenvalue weighted by Gasteiger charge is -2.14.